The van der Waals surface area contributed by atoms with Crippen molar-refractivity contribution in [3.8, 4) is 11.5 Å². The van der Waals surface area contributed by atoms with E-state index in [4.69, 9.17) is 9.47 Å². The molecule has 1 aliphatic rings. The Morgan fingerprint density at radius 3 is 2.10 bits per heavy atom. The number of ether oxygens (including phenoxy) is 2. The SMILES string of the molecule is CCOc1ccc(NC(=O)C2CCCN2S(=O)(=O)c2ccc(OCC)cc2)cc1. The smallest absolute Gasteiger partial charge is 0.243 e. The van der Waals surface area contributed by atoms with Crippen LogP contribution in [0.2, 0.25) is 0 Å². The molecule has 2 aromatic carbocycles. The van der Waals surface area contributed by atoms with Crippen LogP contribution in [0.3, 0.4) is 0 Å². The summed E-state index contributed by atoms with van der Waals surface area (Å²) in [4.78, 5) is 12.9. The zero-order valence-electron chi connectivity index (χ0n) is 16.6. The van der Waals surface area contributed by atoms with E-state index >= 15 is 0 Å². The van der Waals surface area contributed by atoms with Crippen LogP contribution in [0.25, 0.3) is 0 Å². The maximum absolute atomic E-state index is 13.1. The zero-order chi connectivity index (χ0) is 20.9. The van der Waals surface area contributed by atoms with Crippen LogP contribution in [-0.4, -0.2) is 44.4 Å². The highest BCUT2D eigenvalue weighted by Gasteiger charge is 2.39. The normalized spacial score (nSPS) is 17.1. The Morgan fingerprint density at radius 1 is 1.00 bits per heavy atom. The number of hydrogen-bond donors (Lipinski definition) is 1. The van der Waals surface area contributed by atoms with Crippen LogP contribution in [0.5, 0.6) is 11.5 Å². The van der Waals surface area contributed by atoms with Crippen molar-refractivity contribution in [2.45, 2.75) is 37.6 Å². The van der Waals surface area contributed by atoms with Crippen LogP contribution in [-0.2, 0) is 14.8 Å². The maximum atomic E-state index is 13.1. The first-order valence-electron chi connectivity index (χ1n) is 9.74. The second-order valence-electron chi connectivity index (χ2n) is 6.62. The number of rotatable bonds is 8. The topological polar surface area (TPSA) is 84.9 Å². The van der Waals surface area contributed by atoms with Gasteiger partial charge in [-0.15, -0.1) is 0 Å². The van der Waals surface area contributed by atoms with Gasteiger partial charge in [0.2, 0.25) is 15.9 Å². The molecule has 7 nitrogen and oxygen atoms in total. The zero-order valence-corrected chi connectivity index (χ0v) is 17.4. The first-order chi connectivity index (χ1) is 14.0. The van der Waals surface area contributed by atoms with Crippen molar-refractivity contribution >= 4 is 21.6 Å². The lowest BCUT2D eigenvalue weighted by Gasteiger charge is -2.23. The fraction of sp³-hybridized carbons (Fsp3) is 0.381. The summed E-state index contributed by atoms with van der Waals surface area (Å²) >= 11 is 0. The van der Waals surface area contributed by atoms with E-state index in [1.54, 1.807) is 36.4 Å². The summed E-state index contributed by atoms with van der Waals surface area (Å²) in [5, 5.41) is 2.81. The van der Waals surface area contributed by atoms with Crippen molar-refractivity contribution < 1.29 is 22.7 Å². The highest BCUT2D eigenvalue weighted by atomic mass is 32.2. The third kappa shape index (κ3) is 4.89. The van der Waals surface area contributed by atoms with Crippen molar-refractivity contribution in [2.75, 3.05) is 25.1 Å². The number of sulfonamides is 1. The molecule has 2 aromatic rings. The maximum Gasteiger partial charge on any atom is 0.243 e. The Morgan fingerprint density at radius 2 is 1.55 bits per heavy atom. The number of nitrogens with one attached hydrogen (secondary N) is 1. The molecule has 1 fully saturated rings. The van der Waals surface area contributed by atoms with E-state index in [1.807, 2.05) is 13.8 Å². The predicted molar refractivity (Wildman–Crippen MR) is 111 cm³/mol. The van der Waals surface area contributed by atoms with E-state index in [9.17, 15) is 13.2 Å². The summed E-state index contributed by atoms with van der Waals surface area (Å²) in [6, 6.07) is 12.6. The lowest BCUT2D eigenvalue weighted by molar-refractivity contribution is -0.119. The number of carbonyl (C=O) groups is 1. The largest absolute Gasteiger partial charge is 0.494 e. The molecule has 1 saturated heterocycles. The highest BCUT2D eigenvalue weighted by molar-refractivity contribution is 7.89. The van der Waals surface area contributed by atoms with Crippen molar-refractivity contribution in [1.82, 2.24) is 4.31 Å². The van der Waals surface area contributed by atoms with Crippen LogP contribution >= 0.6 is 0 Å². The molecule has 0 radical (unpaired) electrons. The van der Waals surface area contributed by atoms with Crippen molar-refractivity contribution in [2.24, 2.45) is 0 Å². The second-order valence-corrected chi connectivity index (χ2v) is 8.52. The molecule has 156 valence electrons. The molecule has 0 saturated carbocycles. The van der Waals surface area contributed by atoms with Gasteiger partial charge in [-0.2, -0.15) is 4.31 Å². The predicted octanol–water partition coefficient (Wildman–Crippen LogP) is 3.28. The molecule has 3 rings (SSSR count). The van der Waals surface area contributed by atoms with Gasteiger partial charge in [0, 0.05) is 12.2 Å². The molecular formula is C21H26N2O5S. The van der Waals surface area contributed by atoms with E-state index in [1.165, 1.54) is 16.4 Å². The first kappa shape index (κ1) is 21.1. The molecule has 1 atom stereocenters. The molecule has 1 N–H and O–H groups in total. The van der Waals surface area contributed by atoms with Crippen LogP contribution < -0.4 is 14.8 Å². The standard InChI is InChI=1S/C21H26N2O5S/c1-3-27-17-9-7-16(8-10-17)22-21(24)20-6-5-15-23(20)29(25,26)19-13-11-18(12-14-19)28-4-2/h7-14,20H,3-6,15H2,1-2H3,(H,22,24). The average molecular weight is 419 g/mol. The fourth-order valence-corrected chi connectivity index (χ4v) is 4.98. The Bertz CT molecular complexity index is 927. The monoisotopic (exact) mass is 418 g/mol. The molecule has 0 bridgehead atoms. The molecule has 8 heteroatoms. The first-order valence-corrected chi connectivity index (χ1v) is 11.2. The van der Waals surface area contributed by atoms with Gasteiger partial charge in [0.1, 0.15) is 17.5 Å². The third-order valence-corrected chi connectivity index (χ3v) is 6.60. The Labute approximate surface area is 171 Å². The molecular weight excluding hydrogens is 392 g/mol. The van der Waals surface area contributed by atoms with Crippen LogP contribution in [0.15, 0.2) is 53.4 Å². The van der Waals surface area contributed by atoms with E-state index in [0.29, 0.717) is 49.8 Å². The Balaban J connectivity index is 1.73. The van der Waals surface area contributed by atoms with Gasteiger partial charge >= 0.3 is 0 Å². The minimum absolute atomic E-state index is 0.154. The molecule has 29 heavy (non-hydrogen) atoms. The summed E-state index contributed by atoms with van der Waals surface area (Å²) in [6.45, 7) is 5.15. The van der Waals surface area contributed by atoms with Crippen LogP contribution in [0.1, 0.15) is 26.7 Å². The molecule has 1 amide bonds. The number of anilines is 1. The minimum atomic E-state index is -3.77. The Hall–Kier alpha value is -2.58. The van der Waals surface area contributed by atoms with E-state index < -0.39 is 16.1 Å². The fourth-order valence-electron chi connectivity index (χ4n) is 3.33. The lowest BCUT2D eigenvalue weighted by atomic mass is 10.2. The summed E-state index contributed by atoms with van der Waals surface area (Å²) in [6.07, 6.45) is 1.12. The van der Waals surface area contributed by atoms with Gasteiger partial charge in [0.25, 0.3) is 0 Å². The molecule has 1 aliphatic heterocycles. The number of hydrogen-bond acceptors (Lipinski definition) is 5. The average Bonchev–Trinajstić information content (AvgIpc) is 3.21. The summed E-state index contributed by atoms with van der Waals surface area (Å²) in [5.41, 5.74) is 0.601. The van der Waals surface area contributed by atoms with Crippen LogP contribution in [0, 0.1) is 0 Å². The number of carbonyl (C=O) groups excluding carboxylic acids is 1. The number of nitrogens with zero attached hydrogens (tertiary/aromatic N) is 1. The third-order valence-electron chi connectivity index (χ3n) is 4.68. The van der Waals surface area contributed by atoms with Gasteiger partial charge in [0.15, 0.2) is 0 Å². The number of benzene rings is 2. The van der Waals surface area contributed by atoms with Gasteiger partial charge in [-0.1, -0.05) is 0 Å². The second kappa shape index (κ2) is 9.28. The van der Waals surface area contributed by atoms with Gasteiger partial charge in [-0.25, -0.2) is 8.42 Å². The molecule has 0 spiro atoms. The van der Waals surface area contributed by atoms with Crippen molar-refractivity contribution in [1.29, 1.82) is 0 Å². The summed E-state index contributed by atoms with van der Waals surface area (Å²) in [5.74, 6) is 0.991. The molecule has 0 aromatic heterocycles. The van der Waals surface area contributed by atoms with Crippen LogP contribution in [0.4, 0.5) is 5.69 Å². The summed E-state index contributed by atoms with van der Waals surface area (Å²) in [7, 11) is -3.77. The van der Waals surface area contributed by atoms with Gasteiger partial charge in [-0.3, -0.25) is 4.79 Å². The lowest BCUT2D eigenvalue weighted by Crippen LogP contribution is -2.43. The highest BCUT2D eigenvalue weighted by Crippen LogP contribution is 2.28. The Kier molecular flexibility index (Phi) is 6.76. The van der Waals surface area contributed by atoms with Gasteiger partial charge in [0.05, 0.1) is 18.1 Å². The minimum Gasteiger partial charge on any atom is -0.494 e. The quantitative estimate of drug-likeness (QED) is 0.711. The summed E-state index contributed by atoms with van der Waals surface area (Å²) < 4.78 is 38.2. The molecule has 0 aliphatic carbocycles. The molecule has 1 heterocycles. The molecule has 1 unspecified atom stereocenters. The number of amides is 1. The van der Waals surface area contributed by atoms with E-state index in [0.717, 1.165) is 0 Å². The van der Waals surface area contributed by atoms with E-state index in [-0.39, 0.29) is 10.8 Å². The van der Waals surface area contributed by atoms with Gasteiger partial charge < -0.3 is 14.8 Å². The van der Waals surface area contributed by atoms with Crippen molar-refractivity contribution in [3.05, 3.63) is 48.5 Å². The van der Waals surface area contributed by atoms with Crippen molar-refractivity contribution in [3.63, 3.8) is 0 Å². The van der Waals surface area contributed by atoms with Gasteiger partial charge in [-0.05, 0) is 75.2 Å². The van der Waals surface area contributed by atoms with E-state index in [2.05, 4.69) is 5.32 Å².